The molecule has 1 aliphatic heterocycles. The maximum atomic E-state index is 12.0. The zero-order chi connectivity index (χ0) is 14.4. The topological polar surface area (TPSA) is 71.8 Å². The van der Waals surface area contributed by atoms with Crippen LogP contribution in [-0.4, -0.2) is 46.8 Å². The summed E-state index contributed by atoms with van der Waals surface area (Å²) in [7, 11) is 0. The largest absolute Gasteiger partial charge is 0.487 e. The van der Waals surface area contributed by atoms with Gasteiger partial charge >= 0.3 is 5.97 Å². The van der Waals surface area contributed by atoms with Crippen LogP contribution in [0, 0.1) is 0 Å². The predicted octanol–water partition coefficient (Wildman–Crippen LogP) is 0.798. The normalized spacial score (nSPS) is 15.4. The van der Waals surface area contributed by atoms with Gasteiger partial charge in [-0.3, -0.25) is 14.5 Å². The van der Waals surface area contributed by atoms with E-state index in [1.807, 2.05) is 0 Å². The van der Waals surface area contributed by atoms with Crippen molar-refractivity contribution < 1.29 is 14.6 Å². The van der Waals surface area contributed by atoms with Crippen LogP contribution in [0.3, 0.4) is 0 Å². The third-order valence-corrected chi connectivity index (χ3v) is 3.42. The van der Waals surface area contributed by atoms with Crippen LogP contribution in [-0.2, 0) is 11.3 Å². The smallest absolute Gasteiger partial charge is 0.305 e. The lowest BCUT2D eigenvalue weighted by molar-refractivity contribution is -0.137. The second-order valence-corrected chi connectivity index (χ2v) is 4.91. The molecule has 1 fully saturated rings. The summed E-state index contributed by atoms with van der Waals surface area (Å²) in [6.45, 7) is 3.67. The summed E-state index contributed by atoms with van der Waals surface area (Å²) in [4.78, 5) is 24.9. The minimum atomic E-state index is -0.919. The molecule has 0 saturated carbocycles. The van der Waals surface area contributed by atoms with Crippen LogP contribution in [0.5, 0.6) is 5.75 Å². The van der Waals surface area contributed by atoms with Crippen molar-refractivity contribution in [3.05, 3.63) is 28.7 Å². The van der Waals surface area contributed by atoms with Crippen molar-refractivity contribution in [1.82, 2.24) is 9.47 Å². The van der Waals surface area contributed by atoms with E-state index in [1.54, 1.807) is 18.3 Å². The third kappa shape index (κ3) is 4.09. The second kappa shape index (κ2) is 7.09. The molecular formula is C14H20N2O4. The number of hydrogen-bond acceptors (Lipinski definition) is 4. The van der Waals surface area contributed by atoms with E-state index < -0.39 is 5.97 Å². The Morgan fingerprint density at radius 3 is 2.75 bits per heavy atom. The summed E-state index contributed by atoms with van der Waals surface area (Å²) in [5.41, 5.74) is -0.268. The fourth-order valence-corrected chi connectivity index (χ4v) is 2.31. The zero-order valence-corrected chi connectivity index (χ0v) is 11.5. The lowest BCUT2D eigenvalue weighted by Gasteiger charge is -2.15. The first kappa shape index (κ1) is 14.6. The monoisotopic (exact) mass is 280 g/mol. The van der Waals surface area contributed by atoms with E-state index in [1.165, 1.54) is 17.4 Å². The summed E-state index contributed by atoms with van der Waals surface area (Å²) in [6.07, 6.45) is 3.97. The molecule has 0 unspecified atom stereocenters. The average Bonchev–Trinajstić information content (AvgIpc) is 2.92. The first-order valence-electron chi connectivity index (χ1n) is 6.93. The molecule has 0 aromatic carbocycles. The van der Waals surface area contributed by atoms with Gasteiger partial charge in [-0.2, -0.15) is 0 Å². The molecule has 0 amide bonds. The van der Waals surface area contributed by atoms with Crippen LogP contribution in [0.1, 0.15) is 19.3 Å². The van der Waals surface area contributed by atoms with E-state index in [0.717, 1.165) is 19.6 Å². The van der Waals surface area contributed by atoms with E-state index in [-0.39, 0.29) is 24.3 Å². The highest BCUT2D eigenvalue weighted by Crippen LogP contribution is 2.07. The van der Waals surface area contributed by atoms with Gasteiger partial charge in [0.2, 0.25) is 0 Å². The maximum absolute atomic E-state index is 12.0. The number of aliphatic carboxylic acids is 1. The molecule has 0 atom stereocenters. The molecule has 0 spiro atoms. The quantitative estimate of drug-likeness (QED) is 0.800. The Bertz CT molecular complexity index is 506. The highest BCUT2D eigenvalue weighted by molar-refractivity contribution is 5.66. The van der Waals surface area contributed by atoms with Gasteiger partial charge in [0.25, 0.3) is 5.56 Å². The average molecular weight is 280 g/mol. The number of likely N-dealkylation sites (tertiary alicyclic amines) is 1. The first-order chi connectivity index (χ1) is 9.66. The van der Waals surface area contributed by atoms with E-state index in [0.29, 0.717) is 6.61 Å². The van der Waals surface area contributed by atoms with Crippen LogP contribution >= 0.6 is 0 Å². The van der Waals surface area contributed by atoms with Crippen molar-refractivity contribution in [3.63, 3.8) is 0 Å². The molecule has 2 rings (SSSR count). The van der Waals surface area contributed by atoms with Crippen LogP contribution in [0.15, 0.2) is 23.1 Å². The standard InChI is InChI=1S/C14H20N2O4/c17-13(18)5-9-16-8-3-4-12(14(16)19)20-11-10-15-6-1-2-7-15/h3-4,8H,1-2,5-7,9-11H2,(H,17,18). The van der Waals surface area contributed by atoms with Gasteiger partial charge in [-0.15, -0.1) is 0 Å². The van der Waals surface area contributed by atoms with Gasteiger partial charge in [-0.05, 0) is 38.1 Å². The summed E-state index contributed by atoms with van der Waals surface area (Å²) in [5, 5.41) is 8.65. The number of nitrogens with zero attached hydrogens (tertiary/aromatic N) is 2. The molecule has 110 valence electrons. The number of pyridine rings is 1. The number of carboxylic acid groups (broad SMARTS) is 1. The second-order valence-electron chi connectivity index (χ2n) is 4.91. The molecule has 20 heavy (non-hydrogen) atoms. The Kier molecular flexibility index (Phi) is 5.17. The molecule has 1 aliphatic rings. The highest BCUT2D eigenvalue weighted by atomic mass is 16.5. The Hall–Kier alpha value is -1.82. The van der Waals surface area contributed by atoms with E-state index in [9.17, 15) is 9.59 Å². The molecule has 6 heteroatoms. The van der Waals surface area contributed by atoms with E-state index in [2.05, 4.69) is 4.90 Å². The molecule has 1 aromatic heterocycles. The van der Waals surface area contributed by atoms with Crippen molar-refractivity contribution in [3.8, 4) is 5.75 Å². The molecule has 6 nitrogen and oxygen atoms in total. The highest BCUT2D eigenvalue weighted by Gasteiger charge is 2.11. The lowest BCUT2D eigenvalue weighted by atomic mass is 10.4. The fourth-order valence-electron chi connectivity index (χ4n) is 2.31. The van der Waals surface area contributed by atoms with Crippen LogP contribution in [0.2, 0.25) is 0 Å². The van der Waals surface area contributed by atoms with Gasteiger partial charge in [-0.1, -0.05) is 0 Å². The number of aromatic nitrogens is 1. The molecule has 1 N–H and O–H groups in total. The lowest BCUT2D eigenvalue weighted by Crippen LogP contribution is -2.27. The fraction of sp³-hybridized carbons (Fsp3) is 0.571. The van der Waals surface area contributed by atoms with E-state index >= 15 is 0 Å². The minimum Gasteiger partial charge on any atom is -0.487 e. The molecule has 2 heterocycles. The predicted molar refractivity (Wildman–Crippen MR) is 74.1 cm³/mol. The van der Waals surface area contributed by atoms with Crippen molar-refractivity contribution in [2.75, 3.05) is 26.2 Å². The van der Waals surface area contributed by atoms with Crippen molar-refractivity contribution in [1.29, 1.82) is 0 Å². The SMILES string of the molecule is O=C(O)CCn1cccc(OCCN2CCCC2)c1=O. The van der Waals surface area contributed by atoms with Crippen LogP contribution in [0.4, 0.5) is 0 Å². The number of carboxylic acids is 1. The molecule has 1 aromatic rings. The van der Waals surface area contributed by atoms with Crippen molar-refractivity contribution >= 4 is 5.97 Å². The van der Waals surface area contributed by atoms with Gasteiger partial charge < -0.3 is 14.4 Å². The van der Waals surface area contributed by atoms with Crippen LogP contribution < -0.4 is 10.3 Å². The summed E-state index contributed by atoms with van der Waals surface area (Å²) < 4.78 is 6.90. The first-order valence-corrected chi connectivity index (χ1v) is 6.93. The van der Waals surface area contributed by atoms with Crippen molar-refractivity contribution in [2.24, 2.45) is 0 Å². The van der Waals surface area contributed by atoms with Crippen LogP contribution in [0.25, 0.3) is 0 Å². The molecular weight excluding hydrogens is 260 g/mol. The van der Waals surface area contributed by atoms with Gasteiger partial charge in [0.1, 0.15) is 6.61 Å². The van der Waals surface area contributed by atoms with Gasteiger partial charge in [0.05, 0.1) is 6.42 Å². The number of aryl methyl sites for hydroxylation is 1. The summed E-state index contributed by atoms with van der Waals surface area (Å²) >= 11 is 0. The Morgan fingerprint density at radius 2 is 2.05 bits per heavy atom. The molecule has 0 aliphatic carbocycles. The molecule has 0 bridgehead atoms. The Morgan fingerprint density at radius 1 is 1.30 bits per heavy atom. The molecule has 1 saturated heterocycles. The minimum absolute atomic E-state index is 0.0723. The van der Waals surface area contributed by atoms with Gasteiger partial charge in [0.15, 0.2) is 5.75 Å². The number of ether oxygens (including phenoxy) is 1. The number of hydrogen-bond donors (Lipinski definition) is 1. The molecule has 0 radical (unpaired) electrons. The van der Waals surface area contributed by atoms with Gasteiger partial charge in [0, 0.05) is 19.3 Å². The Balaban J connectivity index is 1.88. The van der Waals surface area contributed by atoms with Crippen molar-refractivity contribution in [2.45, 2.75) is 25.8 Å². The zero-order valence-electron chi connectivity index (χ0n) is 11.5. The third-order valence-electron chi connectivity index (χ3n) is 3.42. The number of carbonyl (C=O) groups is 1. The van der Waals surface area contributed by atoms with Gasteiger partial charge in [-0.25, -0.2) is 0 Å². The van der Waals surface area contributed by atoms with E-state index in [4.69, 9.17) is 9.84 Å². The summed E-state index contributed by atoms with van der Waals surface area (Å²) in [6, 6.07) is 3.33. The maximum Gasteiger partial charge on any atom is 0.305 e. The Labute approximate surface area is 117 Å². The summed E-state index contributed by atoms with van der Waals surface area (Å²) in [5.74, 6) is -0.630. The number of rotatable bonds is 7.